The van der Waals surface area contributed by atoms with Gasteiger partial charge in [-0.2, -0.15) is 4.58 Å². The summed E-state index contributed by atoms with van der Waals surface area (Å²) in [7, 11) is -3.17. The number of carbonyl (C=O) groups is 3. The number of hydroxylamine groups is 2. The number of hydrogen-bond acceptors (Lipinski definition) is 13. The van der Waals surface area contributed by atoms with Crippen molar-refractivity contribution in [1.29, 1.82) is 0 Å². The molecule has 68 heavy (non-hydrogen) atoms. The number of fused-ring (bicyclic) bond motifs is 3. The SMILES string of the molecule is CCN1c2cc3c(cc2C(C)=CC1(C)C)C(=CC=CC1=[N+](CCCCCC(=O)ON2C(=O)CCC2=O)c2ccc(S(=O)(=O)[O-])cc2C1(C)CCOCCOCCOCCOC)C=C(C(C)(C)C)O3. The molecule has 15 nitrogen and oxygen atoms in total. The van der Waals surface area contributed by atoms with Crippen molar-refractivity contribution in [3.05, 3.63) is 83.2 Å². The lowest BCUT2D eigenvalue weighted by Crippen LogP contribution is -2.45. The van der Waals surface area contributed by atoms with E-state index in [1.54, 1.807) is 13.2 Å². The van der Waals surface area contributed by atoms with Gasteiger partial charge >= 0.3 is 5.97 Å². The van der Waals surface area contributed by atoms with E-state index in [9.17, 15) is 27.4 Å². The highest BCUT2D eigenvalue weighted by Crippen LogP contribution is 2.48. The minimum Gasteiger partial charge on any atom is -0.744 e. The maximum atomic E-state index is 12.6. The Kier molecular flexibility index (Phi) is 17.1. The molecule has 2 amide bonds. The first kappa shape index (κ1) is 52.4. The van der Waals surface area contributed by atoms with E-state index in [1.807, 2.05) is 13.0 Å². The third-order valence-electron chi connectivity index (χ3n) is 12.9. The Balaban J connectivity index is 1.33. The highest BCUT2D eigenvalue weighted by molar-refractivity contribution is 7.85. The molecule has 0 aliphatic carbocycles. The van der Waals surface area contributed by atoms with Gasteiger partial charge in [-0.1, -0.05) is 39.0 Å². The minimum absolute atomic E-state index is 0.0179. The molecule has 6 rings (SSSR count). The fourth-order valence-corrected chi connectivity index (χ4v) is 9.78. The Bertz CT molecular complexity index is 2480. The summed E-state index contributed by atoms with van der Waals surface area (Å²) in [6.45, 7) is 21.3. The molecule has 0 bridgehead atoms. The fourth-order valence-electron chi connectivity index (χ4n) is 9.28. The number of likely N-dealkylation sites (N-methyl/N-ethyl adjacent to an activating group) is 1. The van der Waals surface area contributed by atoms with Crippen LogP contribution in [0.25, 0.3) is 11.1 Å². The van der Waals surface area contributed by atoms with Crippen molar-refractivity contribution in [3.8, 4) is 5.75 Å². The molecular formula is C52H69N3O12S. The van der Waals surface area contributed by atoms with Crippen molar-refractivity contribution in [2.45, 2.75) is 116 Å². The highest BCUT2D eigenvalue weighted by atomic mass is 32.2. The molecule has 0 radical (unpaired) electrons. The number of rotatable bonds is 23. The monoisotopic (exact) mass is 959 g/mol. The average Bonchev–Trinajstić information content (AvgIpc) is 3.70. The van der Waals surface area contributed by atoms with Gasteiger partial charge in [-0.25, -0.2) is 13.2 Å². The average molecular weight is 960 g/mol. The number of nitrogens with zero attached hydrogens (tertiary/aromatic N) is 3. The summed E-state index contributed by atoms with van der Waals surface area (Å²) < 4.78 is 68.6. The van der Waals surface area contributed by atoms with Gasteiger partial charge in [0.1, 0.15) is 28.2 Å². The maximum absolute atomic E-state index is 12.6. The van der Waals surface area contributed by atoms with Crippen LogP contribution in [-0.2, 0) is 53.7 Å². The number of unbranched alkanes of at least 4 members (excludes halogenated alkanes) is 2. The molecule has 370 valence electrons. The number of ether oxygens (including phenoxy) is 5. The smallest absolute Gasteiger partial charge is 0.333 e. The van der Waals surface area contributed by atoms with Crippen LogP contribution in [0.1, 0.15) is 117 Å². The van der Waals surface area contributed by atoms with Crippen LogP contribution in [0.3, 0.4) is 0 Å². The van der Waals surface area contributed by atoms with E-state index in [2.05, 4.69) is 94.4 Å². The van der Waals surface area contributed by atoms with Crippen molar-refractivity contribution in [3.63, 3.8) is 0 Å². The van der Waals surface area contributed by atoms with E-state index in [4.69, 9.17) is 28.5 Å². The number of allylic oxidation sites excluding steroid dienone is 7. The largest absolute Gasteiger partial charge is 0.744 e. The van der Waals surface area contributed by atoms with Crippen molar-refractivity contribution in [2.24, 2.45) is 5.41 Å². The first-order valence-electron chi connectivity index (χ1n) is 23.7. The number of amides is 2. The van der Waals surface area contributed by atoms with Gasteiger partial charge in [-0.05, 0) is 89.3 Å². The standard InChI is InChI=1S/C52H69N3O12S/c1-10-54-43-34-44-40(33-39(43)36(2)35-51(54,6)7)37(31-46(66-44)50(3,4)5)15-14-16-45-52(8,22-24-63-27-28-65-30-29-64-26-25-62-9)41-32-38(68(59,60)61)18-19-42(41)53(45)23-13-11-12-17-49(58)67-55-47(56)20-21-48(55)57/h14-16,18-19,31-35H,10-13,17,20-30H2,1-9H3. The van der Waals surface area contributed by atoms with E-state index in [0.717, 1.165) is 51.8 Å². The molecular weight excluding hydrogens is 891 g/mol. The van der Waals surface area contributed by atoms with Crippen molar-refractivity contribution in [1.82, 2.24) is 5.06 Å². The lowest BCUT2D eigenvalue weighted by atomic mass is 9.76. The van der Waals surface area contributed by atoms with Gasteiger partial charge in [0.2, 0.25) is 5.69 Å². The molecule has 2 aromatic carbocycles. The fraction of sp³-hybridized carbons (Fsp3) is 0.538. The Morgan fingerprint density at radius 3 is 2.21 bits per heavy atom. The van der Waals surface area contributed by atoms with Crippen LogP contribution in [0.5, 0.6) is 5.75 Å². The molecule has 2 aromatic rings. The molecule has 0 N–H and O–H groups in total. The minimum atomic E-state index is -4.79. The van der Waals surface area contributed by atoms with Crippen LogP contribution in [0.2, 0.25) is 0 Å². The highest BCUT2D eigenvalue weighted by Gasteiger charge is 2.48. The van der Waals surface area contributed by atoms with E-state index < -0.39 is 33.3 Å². The lowest BCUT2D eigenvalue weighted by molar-refractivity contribution is -0.438. The Morgan fingerprint density at radius 1 is 0.912 bits per heavy atom. The van der Waals surface area contributed by atoms with Crippen LogP contribution >= 0.6 is 0 Å². The third kappa shape index (κ3) is 12.2. The van der Waals surface area contributed by atoms with Gasteiger partial charge in [0.15, 0.2) is 5.71 Å². The number of benzene rings is 2. The van der Waals surface area contributed by atoms with Gasteiger partial charge in [0.05, 0.1) is 55.5 Å². The summed E-state index contributed by atoms with van der Waals surface area (Å²) in [6, 6.07) is 8.91. The molecule has 4 aliphatic rings. The second-order valence-corrected chi connectivity index (χ2v) is 20.8. The summed E-state index contributed by atoms with van der Waals surface area (Å²) in [5.41, 5.74) is 6.44. The topological polar surface area (TPSA) is 173 Å². The van der Waals surface area contributed by atoms with Crippen molar-refractivity contribution in [2.75, 3.05) is 71.3 Å². The Hall–Kier alpha value is -4.97. The first-order chi connectivity index (χ1) is 32.2. The van der Waals surface area contributed by atoms with Gasteiger partial charge < -0.3 is 38.0 Å². The molecule has 1 atom stereocenters. The normalized spacial score (nSPS) is 19.6. The second-order valence-electron chi connectivity index (χ2n) is 19.4. The summed E-state index contributed by atoms with van der Waals surface area (Å²) in [5, 5.41) is 0.562. The summed E-state index contributed by atoms with van der Waals surface area (Å²) >= 11 is 0. The van der Waals surface area contributed by atoms with Crippen LogP contribution in [0.4, 0.5) is 11.4 Å². The predicted molar refractivity (Wildman–Crippen MR) is 259 cm³/mol. The van der Waals surface area contributed by atoms with Crippen LogP contribution in [-0.4, -0.2) is 118 Å². The zero-order valence-corrected chi connectivity index (χ0v) is 42.1. The number of carbonyl (C=O) groups excluding carboxylic acids is 3. The zero-order chi connectivity index (χ0) is 49.4. The summed E-state index contributed by atoms with van der Waals surface area (Å²) in [4.78, 5) is 43.7. The Morgan fingerprint density at radius 2 is 1.57 bits per heavy atom. The number of methoxy groups -OCH3 is 1. The van der Waals surface area contributed by atoms with E-state index in [1.165, 1.54) is 17.7 Å². The van der Waals surface area contributed by atoms with Crippen LogP contribution in [0, 0.1) is 5.41 Å². The third-order valence-corrected chi connectivity index (χ3v) is 13.7. The summed E-state index contributed by atoms with van der Waals surface area (Å²) in [5.74, 6) is -0.0962. The molecule has 4 heterocycles. The van der Waals surface area contributed by atoms with Crippen LogP contribution in [0.15, 0.2) is 71.4 Å². The molecule has 0 aromatic heterocycles. The van der Waals surface area contributed by atoms with Gasteiger partial charge in [-0.3, -0.25) is 9.59 Å². The molecule has 0 spiro atoms. The zero-order valence-electron chi connectivity index (χ0n) is 41.2. The van der Waals surface area contributed by atoms with E-state index in [0.29, 0.717) is 89.1 Å². The molecule has 1 unspecified atom stereocenters. The van der Waals surface area contributed by atoms with Crippen molar-refractivity contribution >= 4 is 56.1 Å². The van der Waals surface area contributed by atoms with Gasteiger partial charge in [-0.15, -0.1) is 5.06 Å². The number of hydrogen-bond donors (Lipinski definition) is 0. The quantitative estimate of drug-likeness (QED) is 0.0452. The molecule has 16 heteroatoms. The molecule has 1 fully saturated rings. The van der Waals surface area contributed by atoms with E-state index in [-0.39, 0.29) is 35.1 Å². The number of anilines is 1. The lowest BCUT2D eigenvalue weighted by Gasteiger charge is -2.43. The first-order valence-corrected chi connectivity index (χ1v) is 25.1. The summed E-state index contributed by atoms with van der Waals surface area (Å²) in [6.07, 6.45) is 12.7. The van der Waals surface area contributed by atoms with Gasteiger partial charge in [0.25, 0.3) is 11.8 Å². The molecule has 0 saturated carbocycles. The molecule has 4 aliphatic heterocycles. The van der Waals surface area contributed by atoms with Crippen molar-refractivity contribution < 1.29 is 60.5 Å². The Labute approximate surface area is 402 Å². The van der Waals surface area contributed by atoms with Crippen LogP contribution < -0.4 is 9.64 Å². The van der Waals surface area contributed by atoms with E-state index >= 15 is 0 Å². The van der Waals surface area contributed by atoms with Gasteiger partial charge in [0, 0.05) is 91.9 Å². The number of imide groups is 1. The second kappa shape index (κ2) is 22.2. The maximum Gasteiger partial charge on any atom is 0.333 e. The molecule has 1 saturated heterocycles. The predicted octanol–water partition coefficient (Wildman–Crippen LogP) is 8.18.